The highest BCUT2D eigenvalue weighted by Gasteiger charge is 2.39. The number of hydrogen-bond acceptors (Lipinski definition) is 2. The maximum atomic E-state index is 11.2. The number of carbonyl (C=O) groups excluding carboxylic acids is 1. The minimum atomic E-state index is 0.141. The van der Waals surface area contributed by atoms with E-state index in [2.05, 4.69) is 61.1 Å². The molecule has 1 heterocycles. The van der Waals surface area contributed by atoms with Gasteiger partial charge in [0.15, 0.2) is 5.96 Å². The van der Waals surface area contributed by atoms with Crippen molar-refractivity contribution in [2.45, 2.75) is 44.2 Å². The highest BCUT2D eigenvalue weighted by molar-refractivity contribution is 9.10. The molecule has 124 valence electrons. The predicted molar refractivity (Wildman–Crippen MR) is 95.6 cm³/mol. The first-order valence-corrected chi connectivity index (χ1v) is 9.04. The molecule has 0 aromatic heterocycles. The summed E-state index contributed by atoms with van der Waals surface area (Å²) in [6.45, 7) is 3.44. The molecule has 1 aromatic rings. The zero-order chi connectivity index (χ0) is 16.2. The molecule has 5 nitrogen and oxygen atoms in total. The molecule has 2 fully saturated rings. The summed E-state index contributed by atoms with van der Waals surface area (Å²) in [5.74, 6) is 1.55. The van der Waals surface area contributed by atoms with Gasteiger partial charge in [0.05, 0.1) is 0 Å². The molecular formula is C17H23BrN4O. The summed E-state index contributed by atoms with van der Waals surface area (Å²) >= 11 is 3.48. The number of benzene rings is 1. The van der Waals surface area contributed by atoms with Gasteiger partial charge >= 0.3 is 0 Å². The van der Waals surface area contributed by atoms with Gasteiger partial charge in [-0.1, -0.05) is 28.1 Å². The summed E-state index contributed by atoms with van der Waals surface area (Å²) in [6.07, 6.45) is 2.58. The van der Waals surface area contributed by atoms with Crippen LogP contribution in [0.3, 0.4) is 0 Å². The molecule has 3 atom stereocenters. The lowest BCUT2D eigenvalue weighted by Gasteiger charge is -2.25. The number of aliphatic imine (C=N–C) groups is 1. The number of hydrogen-bond donors (Lipinski definition) is 3. The molecule has 1 aliphatic heterocycles. The van der Waals surface area contributed by atoms with E-state index < -0.39 is 0 Å². The van der Waals surface area contributed by atoms with E-state index in [9.17, 15) is 4.79 Å². The van der Waals surface area contributed by atoms with Crippen LogP contribution < -0.4 is 16.0 Å². The van der Waals surface area contributed by atoms with E-state index >= 15 is 0 Å². The Bertz CT molecular complexity index is 577. The van der Waals surface area contributed by atoms with Gasteiger partial charge < -0.3 is 16.0 Å². The van der Waals surface area contributed by atoms with Crippen LogP contribution in [0.2, 0.25) is 0 Å². The Morgan fingerprint density at radius 2 is 2.13 bits per heavy atom. The number of nitrogens with zero attached hydrogens (tertiary/aromatic N) is 1. The van der Waals surface area contributed by atoms with E-state index in [4.69, 9.17) is 0 Å². The fourth-order valence-corrected chi connectivity index (χ4v) is 3.21. The van der Waals surface area contributed by atoms with Crippen molar-refractivity contribution in [3.05, 3.63) is 34.3 Å². The van der Waals surface area contributed by atoms with Crippen molar-refractivity contribution in [1.29, 1.82) is 0 Å². The molecule has 1 aliphatic carbocycles. The quantitative estimate of drug-likeness (QED) is 0.555. The Kier molecular flexibility index (Phi) is 5.20. The Labute approximate surface area is 145 Å². The van der Waals surface area contributed by atoms with Crippen LogP contribution in [0.5, 0.6) is 0 Å². The van der Waals surface area contributed by atoms with E-state index in [0.29, 0.717) is 24.9 Å². The molecule has 2 aliphatic rings. The SMILES string of the molecule is CCN=C(NC1CCC(=O)NC1)NC1CC1c1ccc(Br)cc1. The Morgan fingerprint density at radius 3 is 2.78 bits per heavy atom. The highest BCUT2D eigenvalue weighted by Crippen LogP contribution is 2.41. The van der Waals surface area contributed by atoms with Crippen LogP contribution >= 0.6 is 15.9 Å². The second kappa shape index (κ2) is 7.34. The second-order valence-electron chi connectivity index (χ2n) is 6.15. The van der Waals surface area contributed by atoms with Crippen molar-refractivity contribution in [3.63, 3.8) is 0 Å². The molecular weight excluding hydrogens is 356 g/mol. The molecule has 0 bridgehead atoms. The van der Waals surface area contributed by atoms with E-state index in [1.54, 1.807) is 0 Å². The molecule has 1 saturated heterocycles. The monoisotopic (exact) mass is 378 g/mol. The lowest BCUT2D eigenvalue weighted by atomic mass is 10.1. The number of guanidine groups is 1. The van der Waals surface area contributed by atoms with Crippen LogP contribution in [-0.4, -0.2) is 37.0 Å². The van der Waals surface area contributed by atoms with Gasteiger partial charge in [0.25, 0.3) is 0 Å². The maximum absolute atomic E-state index is 11.2. The largest absolute Gasteiger partial charge is 0.354 e. The van der Waals surface area contributed by atoms with Crippen molar-refractivity contribution >= 4 is 27.8 Å². The molecule has 0 radical (unpaired) electrons. The maximum Gasteiger partial charge on any atom is 0.220 e. The molecule has 6 heteroatoms. The lowest BCUT2D eigenvalue weighted by Crippen LogP contribution is -2.51. The van der Waals surface area contributed by atoms with Crippen LogP contribution in [0, 0.1) is 0 Å². The normalized spacial score (nSPS) is 27.3. The molecule has 1 saturated carbocycles. The Morgan fingerprint density at radius 1 is 1.35 bits per heavy atom. The summed E-state index contributed by atoms with van der Waals surface area (Å²) in [4.78, 5) is 15.8. The Balaban J connectivity index is 1.53. The fourth-order valence-electron chi connectivity index (χ4n) is 2.95. The van der Waals surface area contributed by atoms with Crippen molar-refractivity contribution in [3.8, 4) is 0 Å². The number of piperidine rings is 1. The molecule has 3 rings (SSSR count). The van der Waals surface area contributed by atoms with Crippen LogP contribution in [0.1, 0.15) is 37.7 Å². The van der Waals surface area contributed by atoms with Gasteiger partial charge in [0, 0.05) is 42.0 Å². The van der Waals surface area contributed by atoms with Gasteiger partial charge in [-0.05, 0) is 37.5 Å². The summed E-state index contributed by atoms with van der Waals surface area (Å²) in [7, 11) is 0. The number of nitrogens with one attached hydrogen (secondary N) is 3. The standard InChI is InChI=1S/C17H23BrN4O/c1-2-19-17(21-13-7-8-16(23)20-10-13)22-15-9-14(15)11-3-5-12(18)6-4-11/h3-6,13-15H,2,7-10H2,1H3,(H,20,23)(H2,19,21,22). The molecule has 1 amide bonds. The molecule has 3 N–H and O–H groups in total. The fraction of sp³-hybridized carbons (Fsp3) is 0.529. The molecule has 0 spiro atoms. The van der Waals surface area contributed by atoms with E-state index in [0.717, 1.165) is 29.8 Å². The smallest absolute Gasteiger partial charge is 0.220 e. The number of carbonyl (C=O) groups is 1. The van der Waals surface area contributed by atoms with Gasteiger partial charge in [-0.25, -0.2) is 0 Å². The minimum absolute atomic E-state index is 0.141. The van der Waals surface area contributed by atoms with Crippen LogP contribution in [0.15, 0.2) is 33.7 Å². The van der Waals surface area contributed by atoms with Crippen LogP contribution in [0.25, 0.3) is 0 Å². The topological polar surface area (TPSA) is 65.5 Å². The van der Waals surface area contributed by atoms with Gasteiger partial charge in [0.2, 0.25) is 5.91 Å². The van der Waals surface area contributed by atoms with Gasteiger partial charge in [0.1, 0.15) is 0 Å². The first-order chi connectivity index (χ1) is 11.2. The highest BCUT2D eigenvalue weighted by atomic mass is 79.9. The van der Waals surface area contributed by atoms with Crippen LogP contribution in [0.4, 0.5) is 0 Å². The average Bonchev–Trinajstić information content (AvgIpc) is 3.30. The van der Waals surface area contributed by atoms with Crippen LogP contribution in [-0.2, 0) is 4.79 Å². The van der Waals surface area contributed by atoms with Gasteiger partial charge in [-0.3, -0.25) is 9.79 Å². The van der Waals surface area contributed by atoms with Gasteiger partial charge in [-0.15, -0.1) is 0 Å². The number of halogens is 1. The van der Waals surface area contributed by atoms with Crippen molar-refractivity contribution in [1.82, 2.24) is 16.0 Å². The van der Waals surface area contributed by atoms with E-state index in [-0.39, 0.29) is 11.9 Å². The predicted octanol–water partition coefficient (Wildman–Crippen LogP) is 2.14. The summed E-state index contributed by atoms with van der Waals surface area (Å²) in [5, 5.41) is 9.87. The zero-order valence-electron chi connectivity index (χ0n) is 13.3. The third kappa shape index (κ3) is 4.47. The molecule has 23 heavy (non-hydrogen) atoms. The summed E-state index contributed by atoms with van der Waals surface area (Å²) in [6, 6.07) is 9.24. The third-order valence-electron chi connectivity index (χ3n) is 4.33. The van der Waals surface area contributed by atoms with Crippen molar-refractivity contribution < 1.29 is 4.79 Å². The first-order valence-electron chi connectivity index (χ1n) is 8.25. The van der Waals surface area contributed by atoms with Crippen molar-refractivity contribution in [2.75, 3.05) is 13.1 Å². The Hall–Kier alpha value is -1.56. The number of amides is 1. The number of rotatable bonds is 4. The minimum Gasteiger partial charge on any atom is -0.354 e. The lowest BCUT2D eigenvalue weighted by molar-refractivity contribution is -0.122. The van der Waals surface area contributed by atoms with E-state index in [1.807, 2.05) is 6.92 Å². The third-order valence-corrected chi connectivity index (χ3v) is 4.86. The van der Waals surface area contributed by atoms with E-state index in [1.165, 1.54) is 5.56 Å². The first kappa shape index (κ1) is 16.3. The second-order valence-corrected chi connectivity index (χ2v) is 7.07. The summed E-state index contributed by atoms with van der Waals surface area (Å²) in [5.41, 5.74) is 1.37. The molecule has 3 unspecified atom stereocenters. The van der Waals surface area contributed by atoms with Gasteiger partial charge in [-0.2, -0.15) is 0 Å². The summed E-state index contributed by atoms with van der Waals surface area (Å²) < 4.78 is 1.11. The molecule has 1 aromatic carbocycles. The average molecular weight is 379 g/mol. The van der Waals surface area contributed by atoms with Crippen molar-refractivity contribution in [2.24, 2.45) is 4.99 Å². The zero-order valence-corrected chi connectivity index (χ0v) is 14.9.